The van der Waals surface area contributed by atoms with Crippen LogP contribution in [0.4, 0.5) is 11.4 Å². The van der Waals surface area contributed by atoms with E-state index in [9.17, 15) is 24.0 Å². The number of carbonyl (C=O) groups is 2. The highest BCUT2D eigenvalue weighted by Gasteiger charge is 2.27. The summed E-state index contributed by atoms with van der Waals surface area (Å²) in [5, 5.41) is 3.12. The molecule has 0 unspecified atom stereocenters. The maximum absolute atomic E-state index is 12.8. The molecular formula is C25H23N5O6S. The van der Waals surface area contributed by atoms with Crippen molar-refractivity contribution in [3.63, 3.8) is 0 Å². The molecule has 190 valence electrons. The molecule has 0 atom stereocenters. The van der Waals surface area contributed by atoms with Crippen molar-refractivity contribution in [1.29, 1.82) is 0 Å². The van der Waals surface area contributed by atoms with E-state index in [1.165, 1.54) is 18.4 Å². The van der Waals surface area contributed by atoms with Gasteiger partial charge in [0, 0.05) is 24.5 Å². The average Bonchev–Trinajstić information content (AvgIpc) is 3.21. The normalized spacial score (nSPS) is 13.1. The quantitative estimate of drug-likeness (QED) is 0.244. The number of methoxy groups -OCH3 is 1. The minimum Gasteiger partial charge on any atom is -0.469 e. The summed E-state index contributed by atoms with van der Waals surface area (Å²) in [5.74, 6) is -1.09. The number of hydrogen-bond donors (Lipinski definition) is 3. The number of esters is 1. The molecule has 0 bridgehead atoms. The van der Waals surface area contributed by atoms with Gasteiger partial charge in [0.1, 0.15) is 16.2 Å². The highest BCUT2D eigenvalue weighted by atomic mass is 32.1. The van der Waals surface area contributed by atoms with Gasteiger partial charge in [0.15, 0.2) is 0 Å². The fourth-order valence-electron chi connectivity index (χ4n) is 4.56. The first kappa shape index (κ1) is 24.4. The molecule has 5 rings (SSSR count). The molecule has 11 nitrogen and oxygen atoms in total. The number of amides is 1. The molecule has 1 aliphatic heterocycles. The van der Waals surface area contributed by atoms with Gasteiger partial charge in [-0.2, -0.15) is 0 Å². The first-order valence-electron chi connectivity index (χ1n) is 11.5. The Kier molecular flexibility index (Phi) is 6.12. The maximum Gasteiger partial charge on any atom is 0.310 e. The van der Waals surface area contributed by atoms with E-state index in [-0.39, 0.29) is 30.2 Å². The van der Waals surface area contributed by atoms with Crippen LogP contribution in [-0.2, 0) is 35.5 Å². The SMILES string of the molecule is COC(=O)Cc1sc2nc(C(=O)NCc3ccc4c(c3)CN(c3c(N)c(=O)c3=O)CC4)[nH]c(=O)c2c1C. The number of aryl methyl sites for hydroxylation is 1. The molecule has 12 heteroatoms. The van der Waals surface area contributed by atoms with Crippen LogP contribution in [0, 0.1) is 6.92 Å². The Labute approximate surface area is 213 Å². The van der Waals surface area contributed by atoms with Crippen molar-refractivity contribution >= 4 is 44.8 Å². The lowest BCUT2D eigenvalue weighted by atomic mass is 9.96. The van der Waals surface area contributed by atoms with E-state index >= 15 is 0 Å². The third-order valence-electron chi connectivity index (χ3n) is 6.62. The lowest BCUT2D eigenvalue weighted by Gasteiger charge is -2.32. The monoisotopic (exact) mass is 521 g/mol. The van der Waals surface area contributed by atoms with Gasteiger partial charge in [0.05, 0.1) is 18.9 Å². The van der Waals surface area contributed by atoms with Crippen molar-refractivity contribution in [2.75, 3.05) is 24.3 Å². The van der Waals surface area contributed by atoms with Crippen LogP contribution in [0.1, 0.15) is 37.7 Å². The summed E-state index contributed by atoms with van der Waals surface area (Å²) in [5.41, 5.74) is 7.92. The molecule has 0 aliphatic carbocycles. The summed E-state index contributed by atoms with van der Waals surface area (Å²) >= 11 is 1.18. The number of aromatic amines is 1. The number of nitrogens with zero attached hydrogens (tertiary/aromatic N) is 2. The molecule has 0 saturated heterocycles. The molecule has 0 fully saturated rings. The van der Waals surface area contributed by atoms with Gasteiger partial charge in [-0.25, -0.2) is 4.98 Å². The van der Waals surface area contributed by atoms with Crippen molar-refractivity contribution in [3.8, 4) is 0 Å². The van der Waals surface area contributed by atoms with Crippen molar-refractivity contribution in [3.05, 3.63) is 82.0 Å². The molecule has 2 aromatic heterocycles. The number of aromatic nitrogens is 2. The second-order valence-electron chi connectivity index (χ2n) is 8.88. The highest BCUT2D eigenvalue weighted by molar-refractivity contribution is 7.18. The van der Waals surface area contributed by atoms with E-state index in [2.05, 4.69) is 15.3 Å². The number of benzene rings is 1. The second-order valence-corrected chi connectivity index (χ2v) is 9.96. The molecule has 0 spiro atoms. The summed E-state index contributed by atoms with van der Waals surface area (Å²) in [6.45, 7) is 2.94. The van der Waals surface area contributed by atoms with Gasteiger partial charge in [-0.1, -0.05) is 18.2 Å². The predicted molar refractivity (Wildman–Crippen MR) is 139 cm³/mol. The van der Waals surface area contributed by atoms with E-state index in [1.807, 2.05) is 23.1 Å². The molecule has 2 aromatic carbocycles. The number of nitrogens with two attached hydrogens (primary N) is 1. The summed E-state index contributed by atoms with van der Waals surface area (Å²) in [4.78, 5) is 70.2. The summed E-state index contributed by atoms with van der Waals surface area (Å²) in [6, 6.07) is 5.81. The van der Waals surface area contributed by atoms with Crippen LogP contribution in [-0.4, -0.2) is 35.5 Å². The van der Waals surface area contributed by atoms with Gasteiger partial charge < -0.3 is 25.7 Å². The van der Waals surface area contributed by atoms with Gasteiger partial charge in [-0.05, 0) is 35.6 Å². The van der Waals surface area contributed by atoms with Gasteiger partial charge in [0.25, 0.3) is 22.3 Å². The van der Waals surface area contributed by atoms with E-state index < -0.39 is 28.3 Å². The van der Waals surface area contributed by atoms with E-state index in [4.69, 9.17) is 10.5 Å². The number of ether oxygens (including phenoxy) is 1. The lowest BCUT2D eigenvalue weighted by Crippen LogP contribution is -2.44. The van der Waals surface area contributed by atoms with Gasteiger partial charge in [0.2, 0.25) is 5.82 Å². The number of nitrogens with one attached hydrogen (secondary N) is 2. The number of nitrogen functional groups attached to an aromatic ring is 1. The first-order chi connectivity index (χ1) is 17.7. The zero-order chi connectivity index (χ0) is 26.4. The molecule has 4 N–H and O–H groups in total. The van der Waals surface area contributed by atoms with E-state index in [0.717, 1.165) is 16.7 Å². The fourth-order valence-corrected chi connectivity index (χ4v) is 5.72. The van der Waals surface area contributed by atoms with Gasteiger partial charge in [-0.3, -0.25) is 24.0 Å². The summed E-state index contributed by atoms with van der Waals surface area (Å²) in [6.07, 6.45) is 0.720. The van der Waals surface area contributed by atoms with Crippen LogP contribution in [0.25, 0.3) is 10.2 Å². The van der Waals surface area contributed by atoms with Crippen molar-refractivity contribution in [1.82, 2.24) is 15.3 Å². The lowest BCUT2D eigenvalue weighted by molar-refractivity contribution is -0.139. The van der Waals surface area contributed by atoms with E-state index in [0.29, 0.717) is 40.2 Å². The largest absolute Gasteiger partial charge is 0.469 e. The Bertz CT molecular complexity index is 1710. The molecular weight excluding hydrogens is 498 g/mol. The number of hydrogen-bond acceptors (Lipinski definition) is 10. The fraction of sp³-hybridized carbons (Fsp3) is 0.280. The molecule has 1 amide bonds. The highest BCUT2D eigenvalue weighted by Crippen LogP contribution is 2.28. The Morgan fingerprint density at radius 2 is 2.00 bits per heavy atom. The van der Waals surface area contributed by atoms with Crippen molar-refractivity contribution in [2.45, 2.75) is 32.9 Å². The number of fused-ring (bicyclic) bond motifs is 2. The smallest absolute Gasteiger partial charge is 0.310 e. The van der Waals surface area contributed by atoms with Crippen molar-refractivity contribution < 1.29 is 14.3 Å². The van der Waals surface area contributed by atoms with Gasteiger partial charge >= 0.3 is 5.97 Å². The Morgan fingerprint density at radius 1 is 1.22 bits per heavy atom. The average molecular weight is 522 g/mol. The molecule has 3 heterocycles. The van der Waals surface area contributed by atoms with Crippen LogP contribution < -0.4 is 32.4 Å². The molecule has 1 aliphatic rings. The third-order valence-corrected chi connectivity index (χ3v) is 7.81. The third kappa shape index (κ3) is 4.29. The number of H-pyrrole nitrogens is 1. The summed E-state index contributed by atoms with van der Waals surface area (Å²) < 4.78 is 4.70. The predicted octanol–water partition coefficient (Wildman–Crippen LogP) is 0.679. The first-order valence-corrected chi connectivity index (χ1v) is 12.3. The second kappa shape index (κ2) is 9.28. The van der Waals surface area contributed by atoms with Crippen LogP contribution in [0.5, 0.6) is 0 Å². The number of carbonyl (C=O) groups excluding carboxylic acids is 2. The molecule has 4 aromatic rings. The van der Waals surface area contributed by atoms with Crippen LogP contribution >= 0.6 is 11.3 Å². The topological polar surface area (TPSA) is 165 Å². The number of thiophene rings is 1. The van der Waals surface area contributed by atoms with Crippen LogP contribution in [0.3, 0.4) is 0 Å². The van der Waals surface area contributed by atoms with Crippen LogP contribution in [0.15, 0.2) is 32.6 Å². The van der Waals surface area contributed by atoms with Gasteiger partial charge in [-0.15, -0.1) is 11.3 Å². The Balaban J connectivity index is 1.31. The molecule has 0 radical (unpaired) electrons. The zero-order valence-corrected chi connectivity index (χ0v) is 20.9. The standard InChI is InChI=1S/C25H23N5O6S/c1-11-15(8-16(31)36-2)37-25-17(11)23(34)28-22(29-25)24(35)27-9-12-3-4-13-5-6-30(10-14(13)7-12)19-18(26)20(32)21(19)33/h3-4,7H,5-6,8-10,26H2,1-2H3,(H,27,35)(H,28,29,34). The molecule has 0 saturated carbocycles. The zero-order valence-electron chi connectivity index (χ0n) is 20.1. The van der Waals surface area contributed by atoms with Crippen LogP contribution in [0.2, 0.25) is 0 Å². The van der Waals surface area contributed by atoms with Crippen molar-refractivity contribution in [2.24, 2.45) is 0 Å². The minimum absolute atomic E-state index is 0.00804. The summed E-state index contributed by atoms with van der Waals surface area (Å²) in [7, 11) is 1.29. The molecule has 37 heavy (non-hydrogen) atoms. The number of rotatable bonds is 6. The van der Waals surface area contributed by atoms with E-state index in [1.54, 1.807) is 6.92 Å². The minimum atomic E-state index is -0.639. The Hall–Kier alpha value is -4.32. The number of anilines is 2. The Morgan fingerprint density at radius 3 is 2.73 bits per heavy atom. The maximum atomic E-state index is 12.8.